The molecule has 12 nitrogen and oxygen atoms in total. The van der Waals surface area contributed by atoms with E-state index in [1.807, 2.05) is 59.3 Å². The van der Waals surface area contributed by atoms with E-state index >= 15 is 0 Å². The molecule has 0 unspecified atom stereocenters. The number of ether oxygens (including phenoxy) is 4. The Morgan fingerprint density at radius 2 is 1.13 bits per heavy atom. The number of pyridine rings is 2. The Morgan fingerprint density at radius 1 is 0.609 bits per heavy atom. The van der Waals surface area contributed by atoms with Crippen molar-refractivity contribution in [3.05, 3.63) is 108 Å². The maximum absolute atomic E-state index is 12.4. The molecular weight excluding hydrogens is 588 g/mol. The van der Waals surface area contributed by atoms with Gasteiger partial charge in [-0.2, -0.15) is 0 Å². The molecule has 0 radical (unpaired) electrons. The van der Waals surface area contributed by atoms with Crippen LogP contribution in [0.2, 0.25) is 0 Å². The summed E-state index contributed by atoms with van der Waals surface area (Å²) in [6, 6.07) is 18.1. The molecule has 0 spiro atoms. The Hall–Kier alpha value is -6.04. The smallest absolute Gasteiger partial charge is 0.275 e. The number of fused-ring (bicyclic) bond motifs is 2. The lowest BCUT2D eigenvalue weighted by atomic mass is 10.2. The monoisotopic (exact) mass is 622 g/mol. The maximum atomic E-state index is 12.4. The zero-order chi connectivity index (χ0) is 32.8. The molecule has 0 aliphatic carbocycles. The Labute approximate surface area is 265 Å². The molecular formula is C34H34N6O6. The van der Waals surface area contributed by atoms with Gasteiger partial charge >= 0.3 is 0 Å². The first kappa shape index (κ1) is 31.4. The summed E-state index contributed by atoms with van der Waals surface area (Å²) in [4.78, 5) is 33.5. The number of benzene rings is 2. The van der Waals surface area contributed by atoms with Crippen LogP contribution in [0.4, 0.5) is 11.4 Å². The maximum Gasteiger partial charge on any atom is 0.275 e. The van der Waals surface area contributed by atoms with E-state index in [4.69, 9.17) is 18.9 Å². The van der Waals surface area contributed by atoms with E-state index in [2.05, 4.69) is 20.6 Å². The first-order chi connectivity index (χ1) is 22.2. The van der Waals surface area contributed by atoms with Crippen LogP contribution >= 0.6 is 0 Å². The predicted molar refractivity (Wildman–Crippen MR) is 175 cm³/mol. The van der Waals surface area contributed by atoms with Crippen LogP contribution in [0, 0.1) is 13.8 Å². The molecule has 6 aromatic rings. The molecule has 6 rings (SSSR count). The third-order valence-electron chi connectivity index (χ3n) is 6.96. The van der Waals surface area contributed by atoms with Crippen molar-refractivity contribution in [2.75, 3.05) is 39.1 Å². The molecule has 0 atom stereocenters. The normalized spacial score (nSPS) is 10.6. The highest BCUT2D eigenvalue weighted by atomic mass is 16.5. The van der Waals surface area contributed by atoms with Gasteiger partial charge in [0, 0.05) is 54.7 Å². The molecule has 46 heavy (non-hydrogen) atoms. The van der Waals surface area contributed by atoms with E-state index in [0.29, 0.717) is 45.8 Å². The Morgan fingerprint density at radius 3 is 1.63 bits per heavy atom. The third-order valence-corrected chi connectivity index (χ3v) is 6.96. The number of rotatable bonds is 8. The van der Waals surface area contributed by atoms with E-state index < -0.39 is 0 Å². The van der Waals surface area contributed by atoms with E-state index in [1.54, 1.807) is 70.1 Å². The number of carbonyl (C=O) groups excluding carboxylic acids is 2. The van der Waals surface area contributed by atoms with Gasteiger partial charge in [0.15, 0.2) is 0 Å². The number of aryl methyl sites for hydroxylation is 2. The fourth-order valence-corrected chi connectivity index (χ4v) is 4.55. The van der Waals surface area contributed by atoms with Crippen molar-refractivity contribution in [3.63, 3.8) is 0 Å². The van der Waals surface area contributed by atoms with Crippen LogP contribution in [0.1, 0.15) is 32.1 Å². The Kier molecular flexibility index (Phi) is 9.36. The number of hydrogen-bond acceptors (Lipinski definition) is 8. The van der Waals surface area contributed by atoms with E-state index in [-0.39, 0.29) is 11.8 Å². The number of carbonyl (C=O) groups is 2. The Bertz CT molecular complexity index is 2010. The van der Waals surface area contributed by atoms with Crippen molar-refractivity contribution < 1.29 is 28.5 Å². The number of imidazole rings is 2. The second-order valence-corrected chi connectivity index (χ2v) is 10.3. The van der Waals surface area contributed by atoms with Gasteiger partial charge in [-0.05, 0) is 61.4 Å². The van der Waals surface area contributed by atoms with Gasteiger partial charge in [-0.25, -0.2) is 9.97 Å². The van der Waals surface area contributed by atoms with Crippen LogP contribution in [0.3, 0.4) is 0 Å². The minimum absolute atomic E-state index is 0.290. The van der Waals surface area contributed by atoms with Gasteiger partial charge in [-0.15, -0.1) is 0 Å². The second kappa shape index (κ2) is 13.7. The summed E-state index contributed by atoms with van der Waals surface area (Å²) < 4.78 is 24.4. The molecule has 236 valence electrons. The van der Waals surface area contributed by atoms with Crippen molar-refractivity contribution in [2.24, 2.45) is 0 Å². The molecule has 0 aliphatic rings. The summed E-state index contributed by atoms with van der Waals surface area (Å²) in [5.41, 5.74) is 5.48. The molecule has 2 amide bonds. The fourth-order valence-electron chi connectivity index (χ4n) is 4.55. The van der Waals surface area contributed by atoms with Gasteiger partial charge in [0.25, 0.3) is 11.8 Å². The highest BCUT2D eigenvalue weighted by Gasteiger charge is 2.15. The summed E-state index contributed by atoms with van der Waals surface area (Å²) in [6.45, 7) is 3.97. The van der Waals surface area contributed by atoms with Gasteiger partial charge in [0.2, 0.25) is 0 Å². The number of aromatic nitrogens is 4. The average molecular weight is 623 g/mol. The van der Waals surface area contributed by atoms with Crippen molar-refractivity contribution in [2.45, 2.75) is 13.8 Å². The summed E-state index contributed by atoms with van der Waals surface area (Å²) in [5, 5.41) is 5.62. The molecule has 2 aromatic carbocycles. The highest BCUT2D eigenvalue weighted by Crippen LogP contribution is 2.29. The summed E-state index contributed by atoms with van der Waals surface area (Å²) in [5.74, 6) is 1.80. The number of anilines is 2. The second-order valence-electron chi connectivity index (χ2n) is 10.3. The van der Waals surface area contributed by atoms with Gasteiger partial charge < -0.3 is 38.4 Å². The molecule has 0 bridgehead atoms. The minimum Gasteiger partial charge on any atom is -0.497 e. The molecule has 12 heteroatoms. The van der Waals surface area contributed by atoms with E-state index in [0.717, 1.165) is 22.4 Å². The lowest BCUT2D eigenvalue weighted by Crippen LogP contribution is -2.13. The molecule has 4 aromatic heterocycles. The molecule has 2 N–H and O–H groups in total. The first-order valence-corrected chi connectivity index (χ1v) is 14.2. The van der Waals surface area contributed by atoms with Crippen LogP contribution in [0.5, 0.6) is 23.0 Å². The summed E-state index contributed by atoms with van der Waals surface area (Å²) in [6.07, 6.45) is 7.15. The predicted octanol–water partition coefficient (Wildman–Crippen LogP) is 5.82. The van der Waals surface area contributed by atoms with Crippen molar-refractivity contribution >= 4 is 34.5 Å². The van der Waals surface area contributed by atoms with Crippen LogP contribution in [-0.2, 0) is 0 Å². The van der Waals surface area contributed by atoms with Crippen LogP contribution in [-0.4, -0.2) is 59.0 Å². The molecule has 0 saturated carbocycles. The number of nitrogens with one attached hydrogen (secondary N) is 2. The first-order valence-electron chi connectivity index (χ1n) is 14.2. The topological polar surface area (TPSA) is 130 Å². The van der Waals surface area contributed by atoms with Gasteiger partial charge in [0.05, 0.1) is 34.1 Å². The average Bonchev–Trinajstić information content (AvgIpc) is 3.69. The largest absolute Gasteiger partial charge is 0.497 e. The summed E-state index contributed by atoms with van der Waals surface area (Å²) >= 11 is 0. The standard InChI is InChI=1S/2C17H17N3O3/c1-11-4-5-20-10-15(19-16(20)6-11)17(21)18-12-7-13(22-2)9-14(8-12)23-3;1-11-6-7-20-10-14(18-16(20)8-11)17(21)19-13-5-4-12(22-2)9-15(13)23-3/h4-10H,1-3H3,(H,18,21);4-10H,1-3H3,(H,19,21). The lowest BCUT2D eigenvalue weighted by molar-refractivity contribution is 0.101. The van der Waals surface area contributed by atoms with Gasteiger partial charge in [-0.3, -0.25) is 9.59 Å². The van der Waals surface area contributed by atoms with Crippen molar-refractivity contribution in [3.8, 4) is 23.0 Å². The SMILES string of the molecule is COc1cc(NC(=O)c2cn3ccc(C)cc3n2)cc(OC)c1.COc1ccc(NC(=O)c2cn3ccc(C)cc3n2)c(OC)c1. The van der Waals surface area contributed by atoms with Crippen molar-refractivity contribution in [1.82, 2.24) is 18.8 Å². The molecule has 0 fully saturated rings. The lowest BCUT2D eigenvalue weighted by Gasteiger charge is -2.10. The van der Waals surface area contributed by atoms with E-state index in [9.17, 15) is 9.59 Å². The number of hydrogen-bond donors (Lipinski definition) is 2. The van der Waals surface area contributed by atoms with Crippen LogP contribution in [0.15, 0.2) is 85.5 Å². The molecule has 4 heterocycles. The van der Waals surface area contributed by atoms with Gasteiger partial charge in [-0.1, -0.05) is 0 Å². The molecule has 0 aliphatic heterocycles. The summed E-state index contributed by atoms with van der Waals surface area (Å²) in [7, 11) is 6.24. The zero-order valence-corrected chi connectivity index (χ0v) is 26.3. The third kappa shape index (κ3) is 7.18. The fraction of sp³-hybridized carbons (Fsp3) is 0.176. The van der Waals surface area contributed by atoms with Crippen LogP contribution in [0.25, 0.3) is 11.3 Å². The number of nitrogens with zero attached hydrogens (tertiary/aromatic N) is 4. The number of methoxy groups -OCH3 is 4. The van der Waals surface area contributed by atoms with E-state index in [1.165, 1.54) is 7.11 Å². The highest BCUT2D eigenvalue weighted by molar-refractivity contribution is 6.04. The van der Waals surface area contributed by atoms with Crippen LogP contribution < -0.4 is 29.6 Å². The Balaban J connectivity index is 0.000000181. The molecule has 0 saturated heterocycles. The van der Waals surface area contributed by atoms with Gasteiger partial charge in [0.1, 0.15) is 45.7 Å². The quantitative estimate of drug-likeness (QED) is 0.217. The minimum atomic E-state index is -0.296. The van der Waals surface area contributed by atoms with Crippen molar-refractivity contribution in [1.29, 1.82) is 0 Å². The zero-order valence-electron chi connectivity index (χ0n) is 26.3. The number of amides is 2.